The van der Waals surface area contributed by atoms with E-state index in [-0.39, 0.29) is 41.8 Å². The third-order valence-electron chi connectivity index (χ3n) is 5.02. The van der Waals surface area contributed by atoms with Gasteiger partial charge in [-0.15, -0.1) is 0 Å². The van der Waals surface area contributed by atoms with Gasteiger partial charge in [0.15, 0.2) is 17.3 Å². The van der Waals surface area contributed by atoms with Gasteiger partial charge in [-0.3, -0.25) is 4.68 Å². The summed E-state index contributed by atoms with van der Waals surface area (Å²) in [7, 11) is 1.43. The highest BCUT2D eigenvalue weighted by atomic mass is 16.5. The Hall–Kier alpha value is -3.27. The van der Waals surface area contributed by atoms with Gasteiger partial charge in [0.2, 0.25) is 5.95 Å². The summed E-state index contributed by atoms with van der Waals surface area (Å²) in [6, 6.07) is 2.88. The number of rotatable bonds is 9. The zero-order valence-corrected chi connectivity index (χ0v) is 19.5. The highest BCUT2D eigenvalue weighted by Gasteiger charge is 2.22. The Kier molecular flexibility index (Phi) is 6.93. The maximum absolute atomic E-state index is 10.4. The largest absolute Gasteiger partial charge is 0.507 e. The summed E-state index contributed by atoms with van der Waals surface area (Å²) in [4.78, 5) is 9.41. The smallest absolute Gasteiger partial charge is 0.225 e. The average Bonchev–Trinajstić information content (AvgIpc) is 3.12. The van der Waals surface area contributed by atoms with Crippen molar-refractivity contribution in [1.29, 1.82) is 0 Å². The van der Waals surface area contributed by atoms with E-state index in [1.807, 2.05) is 11.6 Å². The van der Waals surface area contributed by atoms with Crippen molar-refractivity contribution in [2.75, 3.05) is 24.3 Å². The molecular formula is C22H33N7O3. The Morgan fingerprint density at radius 2 is 1.78 bits per heavy atom. The highest BCUT2D eigenvalue weighted by Crippen LogP contribution is 2.35. The van der Waals surface area contributed by atoms with E-state index in [9.17, 15) is 10.2 Å². The van der Waals surface area contributed by atoms with Crippen molar-refractivity contribution < 1.29 is 14.9 Å². The number of aromatic hydroxyl groups is 2. The average molecular weight is 444 g/mol. The number of phenols is 2. The molecular weight excluding hydrogens is 410 g/mol. The van der Waals surface area contributed by atoms with Crippen LogP contribution in [0.5, 0.6) is 17.2 Å². The Bertz CT molecular complexity index is 1090. The van der Waals surface area contributed by atoms with E-state index in [0.29, 0.717) is 23.9 Å². The minimum absolute atomic E-state index is 0.00740. The van der Waals surface area contributed by atoms with E-state index >= 15 is 0 Å². The molecule has 10 heteroatoms. The number of nitrogens with two attached hydrogens (primary N) is 1. The normalized spacial score (nSPS) is 12.5. The van der Waals surface area contributed by atoms with Crippen LogP contribution in [0.4, 0.5) is 11.8 Å². The molecule has 3 aromatic rings. The minimum Gasteiger partial charge on any atom is -0.507 e. The van der Waals surface area contributed by atoms with E-state index in [4.69, 9.17) is 20.6 Å². The maximum atomic E-state index is 10.4. The van der Waals surface area contributed by atoms with E-state index in [1.54, 1.807) is 0 Å². The van der Waals surface area contributed by atoms with Gasteiger partial charge in [0, 0.05) is 36.8 Å². The van der Waals surface area contributed by atoms with Crippen molar-refractivity contribution in [1.82, 2.24) is 19.7 Å². The molecule has 6 N–H and O–H groups in total. The number of ether oxygens (including phenoxy) is 1. The molecule has 0 saturated carbocycles. The first-order chi connectivity index (χ1) is 15.1. The molecule has 0 bridgehead atoms. The molecule has 3 rings (SSSR count). The maximum Gasteiger partial charge on any atom is 0.225 e. The van der Waals surface area contributed by atoms with Crippen molar-refractivity contribution in [2.45, 2.75) is 59.2 Å². The van der Waals surface area contributed by atoms with Gasteiger partial charge < -0.3 is 31.3 Å². The van der Waals surface area contributed by atoms with E-state index in [2.05, 4.69) is 43.3 Å². The Balaban J connectivity index is 2.08. The lowest BCUT2D eigenvalue weighted by Gasteiger charge is -2.15. The summed E-state index contributed by atoms with van der Waals surface area (Å²) in [6.07, 6.45) is 0. The lowest BCUT2D eigenvalue weighted by molar-refractivity contribution is 0.367. The van der Waals surface area contributed by atoms with Crippen LogP contribution in [0.2, 0.25) is 0 Å². The fourth-order valence-electron chi connectivity index (χ4n) is 3.37. The van der Waals surface area contributed by atoms with Crippen molar-refractivity contribution in [3.05, 3.63) is 23.4 Å². The monoisotopic (exact) mass is 443 g/mol. The van der Waals surface area contributed by atoms with Gasteiger partial charge in [0.25, 0.3) is 0 Å². The second-order valence-electron chi connectivity index (χ2n) is 8.54. The molecule has 1 unspecified atom stereocenters. The van der Waals surface area contributed by atoms with Crippen LogP contribution in [-0.4, -0.2) is 49.7 Å². The number of nitrogens with one attached hydrogen (secondary N) is 2. The standard InChI is InChI=1S/C22H33N7O3/c1-11(2)18-19-20(29(28-18)12(3)4)21(27-22(26-19)25-9-13(5)23)24-10-14-7-16(31)17(32-6)8-15(14)30/h7-8,11-13,30-31H,9-10,23H2,1-6H3,(H2,24,25,26,27). The van der Waals surface area contributed by atoms with Crippen LogP contribution in [0.3, 0.4) is 0 Å². The fourth-order valence-corrected chi connectivity index (χ4v) is 3.37. The molecule has 2 heterocycles. The lowest BCUT2D eigenvalue weighted by Crippen LogP contribution is -2.26. The van der Waals surface area contributed by atoms with Crippen LogP contribution in [0.15, 0.2) is 12.1 Å². The van der Waals surface area contributed by atoms with Crippen molar-refractivity contribution in [3.8, 4) is 17.2 Å². The van der Waals surface area contributed by atoms with Gasteiger partial charge >= 0.3 is 0 Å². The molecule has 0 aliphatic heterocycles. The number of phenolic OH excluding ortho intramolecular Hbond substituents is 2. The van der Waals surface area contributed by atoms with Crippen LogP contribution in [0, 0.1) is 0 Å². The Morgan fingerprint density at radius 3 is 2.38 bits per heavy atom. The van der Waals surface area contributed by atoms with Crippen LogP contribution in [-0.2, 0) is 6.54 Å². The summed E-state index contributed by atoms with van der Waals surface area (Å²) in [5.41, 5.74) is 8.82. The fraction of sp³-hybridized carbons (Fsp3) is 0.500. The third kappa shape index (κ3) is 4.80. The zero-order valence-electron chi connectivity index (χ0n) is 19.5. The summed E-state index contributed by atoms with van der Waals surface area (Å²) in [5.74, 6) is 1.35. The molecule has 0 aliphatic carbocycles. The first-order valence-corrected chi connectivity index (χ1v) is 10.7. The molecule has 174 valence electrons. The second kappa shape index (κ2) is 9.47. The summed E-state index contributed by atoms with van der Waals surface area (Å²) in [6.45, 7) is 10.9. The summed E-state index contributed by atoms with van der Waals surface area (Å²) >= 11 is 0. The Labute approximate surface area is 187 Å². The molecule has 0 aliphatic rings. The molecule has 2 aromatic heterocycles. The van der Waals surface area contributed by atoms with Gasteiger partial charge in [-0.2, -0.15) is 10.1 Å². The van der Waals surface area contributed by atoms with Crippen molar-refractivity contribution >= 4 is 22.8 Å². The number of fused-ring (bicyclic) bond motifs is 1. The molecule has 0 amide bonds. The SMILES string of the molecule is COc1cc(O)c(CNc2nc(NCC(C)N)nc3c(C(C)C)nn(C(C)C)c23)cc1O. The van der Waals surface area contributed by atoms with Gasteiger partial charge in [-0.1, -0.05) is 13.8 Å². The second-order valence-corrected chi connectivity index (χ2v) is 8.54. The highest BCUT2D eigenvalue weighted by molar-refractivity contribution is 5.89. The van der Waals surface area contributed by atoms with Crippen LogP contribution in [0.25, 0.3) is 11.0 Å². The molecule has 0 spiro atoms. The van der Waals surface area contributed by atoms with Crippen LogP contribution in [0.1, 0.15) is 57.8 Å². The number of methoxy groups -OCH3 is 1. The van der Waals surface area contributed by atoms with Gasteiger partial charge in [0.1, 0.15) is 16.8 Å². The predicted molar refractivity (Wildman–Crippen MR) is 126 cm³/mol. The number of hydrogen-bond acceptors (Lipinski definition) is 9. The first kappa shape index (κ1) is 23.4. The van der Waals surface area contributed by atoms with Gasteiger partial charge in [-0.05, 0) is 32.8 Å². The zero-order chi connectivity index (χ0) is 23.6. The molecule has 1 aromatic carbocycles. The third-order valence-corrected chi connectivity index (χ3v) is 5.02. The number of benzene rings is 1. The molecule has 32 heavy (non-hydrogen) atoms. The van der Waals surface area contributed by atoms with Crippen molar-refractivity contribution in [3.63, 3.8) is 0 Å². The Morgan fingerprint density at radius 1 is 1.06 bits per heavy atom. The summed E-state index contributed by atoms with van der Waals surface area (Å²) < 4.78 is 6.96. The summed E-state index contributed by atoms with van der Waals surface area (Å²) in [5, 5.41) is 31.7. The van der Waals surface area contributed by atoms with Gasteiger partial charge in [0.05, 0.1) is 12.8 Å². The molecule has 0 fully saturated rings. The lowest BCUT2D eigenvalue weighted by atomic mass is 10.1. The predicted octanol–water partition coefficient (Wildman–Crippen LogP) is 3.32. The quantitative estimate of drug-likeness (QED) is 0.315. The van der Waals surface area contributed by atoms with E-state index in [0.717, 1.165) is 16.7 Å². The number of anilines is 2. The van der Waals surface area contributed by atoms with Crippen LogP contribution >= 0.6 is 0 Å². The number of hydrogen-bond donors (Lipinski definition) is 5. The van der Waals surface area contributed by atoms with Gasteiger partial charge in [-0.25, -0.2) is 4.98 Å². The number of aromatic nitrogens is 4. The van der Waals surface area contributed by atoms with Crippen LogP contribution < -0.4 is 21.1 Å². The van der Waals surface area contributed by atoms with Crippen molar-refractivity contribution in [2.24, 2.45) is 5.73 Å². The molecule has 0 saturated heterocycles. The minimum atomic E-state index is -0.0621. The molecule has 10 nitrogen and oxygen atoms in total. The topological polar surface area (TPSA) is 143 Å². The first-order valence-electron chi connectivity index (χ1n) is 10.7. The van der Waals surface area contributed by atoms with E-state index < -0.39 is 0 Å². The number of nitrogens with zero attached hydrogens (tertiary/aromatic N) is 4. The van der Waals surface area contributed by atoms with E-state index in [1.165, 1.54) is 19.2 Å². The molecule has 0 radical (unpaired) electrons. The molecule has 1 atom stereocenters.